The van der Waals surface area contributed by atoms with Gasteiger partial charge in [0.1, 0.15) is 17.2 Å². The van der Waals surface area contributed by atoms with Crippen molar-refractivity contribution in [3.63, 3.8) is 0 Å². The maximum Gasteiger partial charge on any atom is 0.133 e. The first kappa shape index (κ1) is 14.4. The lowest BCUT2D eigenvalue weighted by Gasteiger charge is -2.37. The molecular formula is C16H20N4S. The summed E-state index contributed by atoms with van der Waals surface area (Å²) in [6, 6.07) is 11.2. The van der Waals surface area contributed by atoms with Gasteiger partial charge in [-0.15, -0.1) is 11.8 Å². The number of thioether (sulfide) groups is 1. The van der Waals surface area contributed by atoms with Crippen LogP contribution in [0.4, 0.5) is 5.82 Å². The first-order chi connectivity index (χ1) is 10.3. The summed E-state index contributed by atoms with van der Waals surface area (Å²) in [7, 11) is 2.01. The van der Waals surface area contributed by atoms with Gasteiger partial charge in [-0.3, -0.25) is 0 Å². The van der Waals surface area contributed by atoms with Gasteiger partial charge in [-0.2, -0.15) is 0 Å². The molecule has 3 rings (SSSR count). The molecule has 2 aromatic rings. The number of hydrogen-bond donors (Lipinski definition) is 1. The molecule has 0 radical (unpaired) electrons. The number of likely N-dealkylation sites (N-methyl/N-ethyl adjacent to an activating group) is 1. The first-order valence-corrected chi connectivity index (χ1v) is 8.38. The van der Waals surface area contributed by atoms with Crippen molar-refractivity contribution >= 4 is 17.6 Å². The highest BCUT2D eigenvalue weighted by Gasteiger charge is 2.26. The van der Waals surface area contributed by atoms with Gasteiger partial charge in [0.2, 0.25) is 0 Å². The van der Waals surface area contributed by atoms with E-state index in [9.17, 15) is 0 Å². The minimum absolute atomic E-state index is 0.425. The van der Waals surface area contributed by atoms with Crippen molar-refractivity contribution < 1.29 is 0 Å². The lowest BCUT2D eigenvalue weighted by Crippen LogP contribution is -2.46. The van der Waals surface area contributed by atoms with Crippen LogP contribution in [-0.4, -0.2) is 35.9 Å². The molecule has 0 aliphatic carbocycles. The van der Waals surface area contributed by atoms with Gasteiger partial charge in [-0.05, 0) is 30.9 Å². The fourth-order valence-electron chi connectivity index (χ4n) is 2.87. The number of aromatic nitrogens is 2. The number of fused-ring (bicyclic) bond motifs is 1. The Morgan fingerprint density at radius 1 is 1.29 bits per heavy atom. The zero-order chi connectivity index (χ0) is 14.7. The third-order valence-electron chi connectivity index (χ3n) is 3.93. The van der Waals surface area contributed by atoms with E-state index in [0.717, 1.165) is 30.4 Å². The fraction of sp³-hybridized carbons (Fsp3) is 0.375. The average molecular weight is 300 g/mol. The van der Waals surface area contributed by atoms with Crippen molar-refractivity contribution in [1.29, 1.82) is 0 Å². The topological polar surface area (TPSA) is 41.0 Å². The summed E-state index contributed by atoms with van der Waals surface area (Å²) < 4.78 is 0. The van der Waals surface area contributed by atoms with Gasteiger partial charge in [0, 0.05) is 25.2 Å². The highest BCUT2D eigenvalue weighted by atomic mass is 32.2. The molecule has 4 nitrogen and oxygen atoms in total. The highest BCUT2D eigenvalue weighted by Crippen LogP contribution is 2.28. The molecule has 110 valence electrons. The standard InChI is InChI=1S/C16H20N4S/c1-17-9-14-7-12-5-3-4-6-13(12)10-20(14)15-8-16(21-2)19-11-18-15/h3-6,8,11,14,17H,7,9-10H2,1-2H3. The number of rotatable bonds is 4. The van der Waals surface area contributed by atoms with Crippen molar-refractivity contribution in [2.24, 2.45) is 0 Å². The molecule has 0 saturated heterocycles. The Labute approximate surface area is 130 Å². The molecule has 21 heavy (non-hydrogen) atoms. The molecule has 0 fully saturated rings. The summed E-state index contributed by atoms with van der Waals surface area (Å²) in [5.74, 6) is 1.02. The molecule has 0 bridgehead atoms. The van der Waals surface area contributed by atoms with Crippen LogP contribution in [0.25, 0.3) is 0 Å². The summed E-state index contributed by atoms with van der Waals surface area (Å²) in [6.45, 7) is 1.86. The third kappa shape index (κ3) is 3.04. The van der Waals surface area contributed by atoms with Gasteiger partial charge in [-0.25, -0.2) is 9.97 Å². The Morgan fingerprint density at radius 2 is 2.10 bits per heavy atom. The molecule has 1 unspecified atom stereocenters. The molecule has 2 heterocycles. The maximum absolute atomic E-state index is 4.49. The van der Waals surface area contributed by atoms with Gasteiger partial charge in [-0.1, -0.05) is 24.3 Å². The summed E-state index contributed by atoms with van der Waals surface area (Å²) in [4.78, 5) is 11.2. The zero-order valence-electron chi connectivity index (χ0n) is 12.4. The predicted molar refractivity (Wildman–Crippen MR) is 87.9 cm³/mol. The van der Waals surface area contributed by atoms with E-state index in [1.54, 1.807) is 18.1 Å². The van der Waals surface area contributed by atoms with Crippen LogP contribution in [0.3, 0.4) is 0 Å². The molecule has 0 amide bonds. The molecule has 1 aromatic heterocycles. The monoisotopic (exact) mass is 300 g/mol. The Hall–Kier alpha value is -1.59. The molecule has 1 N–H and O–H groups in total. The van der Waals surface area contributed by atoms with Crippen LogP contribution in [0, 0.1) is 0 Å². The Morgan fingerprint density at radius 3 is 2.86 bits per heavy atom. The van der Waals surface area contributed by atoms with E-state index in [4.69, 9.17) is 0 Å². The Bertz CT molecular complexity index is 617. The van der Waals surface area contributed by atoms with E-state index < -0.39 is 0 Å². The summed E-state index contributed by atoms with van der Waals surface area (Å²) in [5.41, 5.74) is 2.85. The Balaban J connectivity index is 1.94. The van der Waals surface area contributed by atoms with E-state index in [1.807, 2.05) is 13.3 Å². The van der Waals surface area contributed by atoms with Crippen molar-refractivity contribution in [2.75, 3.05) is 24.7 Å². The lowest BCUT2D eigenvalue weighted by atomic mass is 9.94. The number of benzene rings is 1. The van der Waals surface area contributed by atoms with Crippen LogP contribution >= 0.6 is 11.8 Å². The van der Waals surface area contributed by atoms with Crippen molar-refractivity contribution in [3.8, 4) is 0 Å². The molecule has 0 spiro atoms. The van der Waals surface area contributed by atoms with E-state index in [2.05, 4.69) is 50.5 Å². The quantitative estimate of drug-likeness (QED) is 0.693. The van der Waals surface area contributed by atoms with Crippen molar-refractivity contribution in [1.82, 2.24) is 15.3 Å². The molecular weight excluding hydrogens is 280 g/mol. The van der Waals surface area contributed by atoms with E-state index in [0.29, 0.717) is 6.04 Å². The SMILES string of the molecule is CNCC1Cc2ccccc2CN1c1cc(SC)ncn1. The molecule has 1 aromatic carbocycles. The second-order valence-electron chi connectivity index (χ2n) is 5.23. The summed E-state index contributed by atoms with van der Waals surface area (Å²) in [6.07, 6.45) is 4.76. The molecule has 1 atom stereocenters. The van der Waals surface area contributed by atoms with Crippen LogP contribution in [0.2, 0.25) is 0 Å². The number of nitrogens with zero attached hydrogens (tertiary/aromatic N) is 3. The molecule has 5 heteroatoms. The first-order valence-electron chi connectivity index (χ1n) is 7.16. The minimum atomic E-state index is 0.425. The van der Waals surface area contributed by atoms with E-state index in [1.165, 1.54) is 11.1 Å². The molecule has 1 aliphatic rings. The van der Waals surface area contributed by atoms with Crippen LogP contribution in [-0.2, 0) is 13.0 Å². The summed E-state index contributed by atoms with van der Waals surface area (Å²) >= 11 is 1.65. The normalized spacial score (nSPS) is 17.6. The van der Waals surface area contributed by atoms with Gasteiger partial charge >= 0.3 is 0 Å². The van der Waals surface area contributed by atoms with E-state index >= 15 is 0 Å². The highest BCUT2D eigenvalue weighted by molar-refractivity contribution is 7.98. The molecule has 0 saturated carbocycles. The zero-order valence-corrected chi connectivity index (χ0v) is 13.2. The smallest absolute Gasteiger partial charge is 0.133 e. The number of anilines is 1. The predicted octanol–water partition coefficient (Wildman–Crippen LogP) is 2.35. The second-order valence-corrected chi connectivity index (χ2v) is 6.06. The average Bonchev–Trinajstić information content (AvgIpc) is 2.54. The van der Waals surface area contributed by atoms with Crippen molar-refractivity contribution in [2.45, 2.75) is 24.0 Å². The maximum atomic E-state index is 4.49. The lowest BCUT2D eigenvalue weighted by molar-refractivity contribution is 0.522. The van der Waals surface area contributed by atoms with Crippen LogP contribution in [0.1, 0.15) is 11.1 Å². The van der Waals surface area contributed by atoms with Crippen LogP contribution in [0.5, 0.6) is 0 Å². The number of nitrogens with one attached hydrogen (secondary N) is 1. The van der Waals surface area contributed by atoms with Gasteiger partial charge in [0.15, 0.2) is 0 Å². The fourth-order valence-corrected chi connectivity index (χ4v) is 3.25. The van der Waals surface area contributed by atoms with E-state index in [-0.39, 0.29) is 0 Å². The largest absolute Gasteiger partial charge is 0.348 e. The minimum Gasteiger partial charge on any atom is -0.348 e. The summed E-state index contributed by atoms with van der Waals surface area (Å²) in [5, 5.41) is 4.32. The second kappa shape index (κ2) is 6.45. The molecule has 1 aliphatic heterocycles. The van der Waals surface area contributed by atoms with Crippen molar-refractivity contribution in [3.05, 3.63) is 47.8 Å². The Kier molecular flexibility index (Phi) is 4.41. The van der Waals surface area contributed by atoms with Crippen LogP contribution < -0.4 is 10.2 Å². The van der Waals surface area contributed by atoms with Gasteiger partial charge in [0.25, 0.3) is 0 Å². The van der Waals surface area contributed by atoms with Gasteiger partial charge < -0.3 is 10.2 Å². The van der Waals surface area contributed by atoms with Gasteiger partial charge in [0.05, 0.1) is 0 Å². The van der Waals surface area contributed by atoms with Crippen LogP contribution in [0.15, 0.2) is 41.7 Å². The third-order valence-corrected chi connectivity index (χ3v) is 4.57. The number of hydrogen-bond acceptors (Lipinski definition) is 5.